The predicted octanol–water partition coefficient (Wildman–Crippen LogP) is 5.46. The summed E-state index contributed by atoms with van der Waals surface area (Å²) in [6.07, 6.45) is 15.6. The fourth-order valence-electron chi connectivity index (χ4n) is 4.24. The zero-order valence-corrected chi connectivity index (χ0v) is 17.9. The van der Waals surface area contributed by atoms with E-state index >= 15 is 0 Å². The number of aryl methyl sites for hydroxylation is 2. The summed E-state index contributed by atoms with van der Waals surface area (Å²) in [4.78, 5) is 0. The van der Waals surface area contributed by atoms with Gasteiger partial charge >= 0.3 is 0 Å². The number of hydrogen-bond donors (Lipinski definition) is 1. The van der Waals surface area contributed by atoms with Crippen LogP contribution < -0.4 is 4.57 Å². The lowest BCUT2D eigenvalue weighted by atomic mass is 9.98. The molecular weight excluding hydrogens is 332 g/mol. The number of aliphatic hydroxyl groups excluding tert-OH is 1. The molecule has 27 heavy (non-hydrogen) atoms. The first-order valence-electron chi connectivity index (χ1n) is 11.2. The molecule has 0 bridgehead atoms. The van der Waals surface area contributed by atoms with Crippen LogP contribution >= 0.6 is 0 Å². The van der Waals surface area contributed by atoms with Crippen molar-refractivity contribution in [3.8, 4) is 0 Å². The molecule has 1 N–H and O–H groups in total. The largest absolute Gasteiger partial charge is 0.396 e. The lowest BCUT2D eigenvalue weighted by molar-refractivity contribution is -0.654. The minimum Gasteiger partial charge on any atom is -0.396 e. The van der Waals surface area contributed by atoms with Crippen molar-refractivity contribution in [2.24, 2.45) is 20.0 Å². The van der Waals surface area contributed by atoms with Crippen molar-refractivity contribution < 1.29 is 9.67 Å². The maximum Gasteiger partial charge on any atom is 0.257 e. The number of hydrogen-bond acceptors (Lipinski definition) is 1. The van der Waals surface area contributed by atoms with Crippen molar-refractivity contribution >= 4 is 11.0 Å². The van der Waals surface area contributed by atoms with Gasteiger partial charge in [0.1, 0.15) is 0 Å². The van der Waals surface area contributed by atoms with Crippen molar-refractivity contribution in [1.82, 2.24) is 4.57 Å². The van der Waals surface area contributed by atoms with Gasteiger partial charge in [-0.05, 0) is 24.5 Å². The summed E-state index contributed by atoms with van der Waals surface area (Å²) in [7, 11) is 4.41. The third-order valence-electron chi connectivity index (χ3n) is 6.01. The Hall–Kier alpha value is -1.35. The molecule has 1 aromatic carbocycles. The monoisotopic (exact) mass is 373 g/mol. The molecule has 152 valence electrons. The molecule has 2 aromatic rings. The van der Waals surface area contributed by atoms with Crippen LogP contribution in [0.3, 0.4) is 0 Å². The molecule has 0 saturated carbocycles. The first-order valence-corrected chi connectivity index (χ1v) is 11.2. The van der Waals surface area contributed by atoms with Crippen molar-refractivity contribution in [3.63, 3.8) is 0 Å². The maximum atomic E-state index is 8.77. The van der Waals surface area contributed by atoms with Gasteiger partial charge in [-0.15, -0.1) is 0 Å². The average Bonchev–Trinajstić information content (AvgIpc) is 2.91. The first-order chi connectivity index (χ1) is 13.1. The highest BCUT2D eigenvalue weighted by molar-refractivity contribution is 5.72. The quantitative estimate of drug-likeness (QED) is 0.345. The van der Waals surface area contributed by atoms with Gasteiger partial charge in [-0.25, -0.2) is 9.13 Å². The summed E-state index contributed by atoms with van der Waals surface area (Å²) < 4.78 is 4.73. The molecule has 0 amide bonds. The standard InChI is InChI=1S/C24H41N2O/c1-21(16-12-10-8-6-4-5-7-9-11-15-19-27)20-24-25(2)22-17-13-14-18-23(22)26(24)3/h13-14,17-18,21,27H,4-12,15-16,19-20H2,1-3H3/q+1. The number of benzene rings is 1. The van der Waals surface area contributed by atoms with E-state index in [0.29, 0.717) is 6.61 Å². The predicted molar refractivity (Wildman–Crippen MR) is 115 cm³/mol. The highest BCUT2D eigenvalue weighted by Crippen LogP contribution is 2.19. The molecule has 3 nitrogen and oxygen atoms in total. The topological polar surface area (TPSA) is 29.0 Å². The van der Waals surface area contributed by atoms with Crippen LogP contribution in [0.1, 0.15) is 83.4 Å². The van der Waals surface area contributed by atoms with Gasteiger partial charge in [0, 0.05) is 6.61 Å². The Morgan fingerprint density at radius 1 is 0.889 bits per heavy atom. The second-order valence-electron chi connectivity index (χ2n) is 8.38. The van der Waals surface area contributed by atoms with E-state index in [0.717, 1.165) is 18.8 Å². The van der Waals surface area contributed by atoms with E-state index in [4.69, 9.17) is 5.11 Å². The zero-order valence-electron chi connectivity index (χ0n) is 17.9. The van der Waals surface area contributed by atoms with E-state index in [1.165, 1.54) is 81.1 Å². The molecule has 0 aliphatic rings. The minimum atomic E-state index is 0.358. The van der Waals surface area contributed by atoms with Crippen LogP contribution in [0, 0.1) is 5.92 Å². The average molecular weight is 374 g/mol. The molecule has 0 saturated heterocycles. The third-order valence-corrected chi connectivity index (χ3v) is 6.01. The molecule has 0 aliphatic carbocycles. The van der Waals surface area contributed by atoms with Crippen LogP contribution in [0.5, 0.6) is 0 Å². The second kappa shape index (κ2) is 12.2. The summed E-state index contributed by atoms with van der Waals surface area (Å²) in [5.41, 5.74) is 2.66. The number of unbranched alkanes of at least 4 members (excludes halogenated alkanes) is 9. The third kappa shape index (κ3) is 6.95. The van der Waals surface area contributed by atoms with Crippen LogP contribution in [-0.2, 0) is 20.5 Å². The van der Waals surface area contributed by atoms with Gasteiger partial charge in [0.2, 0.25) is 0 Å². The number of nitrogens with zero attached hydrogens (tertiary/aromatic N) is 2. The van der Waals surface area contributed by atoms with E-state index in [2.05, 4.69) is 54.4 Å². The Morgan fingerprint density at radius 2 is 1.44 bits per heavy atom. The van der Waals surface area contributed by atoms with E-state index in [1.54, 1.807) is 0 Å². The second-order valence-corrected chi connectivity index (χ2v) is 8.38. The molecule has 0 aliphatic heterocycles. The van der Waals surface area contributed by atoms with Gasteiger partial charge in [-0.2, -0.15) is 0 Å². The number of rotatable bonds is 14. The van der Waals surface area contributed by atoms with Crippen molar-refractivity contribution in [2.45, 2.75) is 84.0 Å². The minimum absolute atomic E-state index is 0.358. The molecule has 1 unspecified atom stereocenters. The number of imidazole rings is 1. The summed E-state index contributed by atoms with van der Waals surface area (Å²) >= 11 is 0. The van der Waals surface area contributed by atoms with Gasteiger partial charge in [-0.3, -0.25) is 0 Å². The normalized spacial score (nSPS) is 12.7. The van der Waals surface area contributed by atoms with E-state index in [9.17, 15) is 0 Å². The molecular formula is C24H41N2O+. The summed E-state index contributed by atoms with van der Waals surface area (Å²) in [6, 6.07) is 8.70. The van der Waals surface area contributed by atoms with Gasteiger partial charge < -0.3 is 5.11 Å². The van der Waals surface area contributed by atoms with Crippen molar-refractivity contribution in [3.05, 3.63) is 30.1 Å². The highest BCUT2D eigenvalue weighted by Gasteiger charge is 2.21. The van der Waals surface area contributed by atoms with Crippen molar-refractivity contribution in [2.75, 3.05) is 6.61 Å². The molecule has 0 spiro atoms. The summed E-state index contributed by atoms with van der Waals surface area (Å²) in [5, 5.41) is 8.77. The molecule has 0 radical (unpaired) electrons. The van der Waals surface area contributed by atoms with Crippen LogP contribution in [-0.4, -0.2) is 16.3 Å². The smallest absolute Gasteiger partial charge is 0.257 e. The maximum absolute atomic E-state index is 8.77. The van der Waals surface area contributed by atoms with E-state index in [-0.39, 0.29) is 0 Å². The molecule has 1 atom stereocenters. The number of aliphatic hydroxyl groups is 1. The van der Waals surface area contributed by atoms with Crippen LogP contribution in [0.25, 0.3) is 11.0 Å². The fraction of sp³-hybridized carbons (Fsp3) is 0.708. The highest BCUT2D eigenvalue weighted by atomic mass is 16.2. The lowest BCUT2D eigenvalue weighted by Gasteiger charge is -2.09. The molecule has 1 aromatic heterocycles. The Labute approximate surface area is 166 Å². The van der Waals surface area contributed by atoms with Gasteiger partial charge in [-0.1, -0.05) is 83.3 Å². The number of para-hydroxylation sites is 2. The fourth-order valence-corrected chi connectivity index (χ4v) is 4.24. The Bertz CT molecular complexity index is 623. The molecule has 3 heteroatoms. The Balaban J connectivity index is 1.59. The molecule has 1 heterocycles. The Morgan fingerprint density at radius 3 is 2.04 bits per heavy atom. The molecule has 2 rings (SSSR count). The van der Waals surface area contributed by atoms with Gasteiger partial charge in [0.15, 0.2) is 11.0 Å². The number of fused-ring (bicyclic) bond motifs is 1. The molecule has 0 fully saturated rings. The summed E-state index contributed by atoms with van der Waals surface area (Å²) in [6.45, 7) is 2.77. The zero-order chi connectivity index (χ0) is 19.5. The SMILES string of the molecule is CC(CCCCCCCCCCCCO)Cc1n(C)c2ccccc2[n+]1C. The first kappa shape index (κ1) is 21.9. The van der Waals surface area contributed by atoms with Crippen LogP contribution in [0.15, 0.2) is 24.3 Å². The van der Waals surface area contributed by atoms with E-state index < -0.39 is 0 Å². The van der Waals surface area contributed by atoms with Crippen molar-refractivity contribution in [1.29, 1.82) is 0 Å². The van der Waals surface area contributed by atoms with E-state index in [1.807, 2.05) is 0 Å². The van der Waals surface area contributed by atoms with Crippen LogP contribution in [0.4, 0.5) is 0 Å². The summed E-state index contributed by atoms with van der Waals surface area (Å²) in [5.74, 6) is 2.18. The number of aromatic nitrogens is 2. The van der Waals surface area contributed by atoms with Gasteiger partial charge in [0.25, 0.3) is 5.82 Å². The Kier molecular flexibility index (Phi) is 9.90. The van der Waals surface area contributed by atoms with Crippen LogP contribution in [0.2, 0.25) is 0 Å². The lowest BCUT2D eigenvalue weighted by Crippen LogP contribution is -2.33. The van der Waals surface area contributed by atoms with Gasteiger partial charge in [0.05, 0.1) is 20.5 Å².